The number of amides is 1. The maximum absolute atomic E-state index is 13.0. The van der Waals surface area contributed by atoms with Crippen LogP contribution in [0.3, 0.4) is 0 Å². The molecule has 1 fully saturated rings. The number of benzene rings is 2. The number of thioether (sulfide) groups is 1. The average molecular weight is 424 g/mol. The Bertz CT molecular complexity index is 1080. The fraction of sp³-hybridized carbons (Fsp3) is 0.348. The predicted octanol–water partition coefficient (Wildman–Crippen LogP) is 4.09. The van der Waals surface area contributed by atoms with Gasteiger partial charge in [0.2, 0.25) is 5.91 Å². The number of nitrogens with one attached hydrogen (secondary N) is 1. The third-order valence-electron chi connectivity index (χ3n) is 5.47. The van der Waals surface area contributed by atoms with Crippen LogP contribution in [0.1, 0.15) is 28.8 Å². The maximum atomic E-state index is 13.0. The highest BCUT2D eigenvalue weighted by molar-refractivity contribution is 7.99. The predicted molar refractivity (Wildman–Crippen MR) is 118 cm³/mol. The van der Waals surface area contributed by atoms with E-state index >= 15 is 0 Å². The standard InChI is InChI=1S/C23H25N3O3S/c1-15-9-10-18-19(12-15)25-23(24-18)30-14-21(27)26-11-5-6-16(13-26)22(28)17-7-3-4-8-20(17)29-2/h3-4,7-10,12,16H,5-6,11,13-14H2,1-2H3,(H,24,25). The molecular formula is C23H25N3O3S. The van der Waals surface area contributed by atoms with E-state index in [9.17, 15) is 9.59 Å². The zero-order chi connectivity index (χ0) is 21.1. The van der Waals surface area contributed by atoms with E-state index in [2.05, 4.69) is 9.97 Å². The lowest BCUT2D eigenvalue weighted by atomic mass is 9.89. The second kappa shape index (κ2) is 8.92. The molecule has 0 radical (unpaired) electrons. The third kappa shape index (κ3) is 4.36. The topological polar surface area (TPSA) is 75.3 Å². The van der Waals surface area contributed by atoms with Crippen molar-refractivity contribution < 1.29 is 14.3 Å². The van der Waals surface area contributed by atoms with Crippen molar-refractivity contribution in [2.24, 2.45) is 5.92 Å². The number of hydrogen-bond acceptors (Lipinski definition) is 5. The molecule has 30 heavy (non-hydrogen) atoms. The molecule has 156 valence electrons. The molecule has 1 N–H and O–H groups in total. The van der Waals surface area contributed by atoms with Crippen LogP contribution in [0.25, 0.3) is 11.0 Å². The van der Waals surface area contributed by atoms with E-state index in [1.807, 2.05) is 37.3 Å². The molecule has 0 aliphatic carbocycles. The van der Waals surface area contributed by atoms with Crippen molar-refractivity contribution >= 4 is 34.5 Å². The van der Waals surface area contributed by atoms with E-state index in [0.29, 0.717) is 30.2 Å². The number of hydrogen-bond donors (Lipinski definition) is 1. The SMILES string of the molecule is COc1ccccc1C(=O)C1CCCN(C(=O)CSc2nc3ccc(C)cc3[nH]2)C1. The first-order chi connectivity index (χ1) is 14.5. The van der Waals surface area contributed by atoms with E-state index in [4.69, 9.17) is 4.74 Å². The molecule has 1 unspecified atom stereocenters. The van der Waals surface area contributed by atoms with Crippen LogP contribution in [-0.4, -0.2) is 52.5 Å². The molecule has 2 aromatic carbocycles. The number of H-pyrrole nitrogens is 1. The number of para-hydroxylation sites is 1. The van der Waals surface area contributed by atoms with Gasteiger partial charge in [-0.3, -0.25) is 9.59 Å². The number of aromatic nitrogens is 2. The highest BCUT2D eigenvalue weighted by Gasteiger charge is 2.30. The summed E-state index contributed by atoms with van der Waals surface area (Å²) in [5.41, 5.74) is 3.63. The lowest BCUT2D eigenvalue weighted by Crippen LogP contribution is -2.43. The van der Waals surface area contributed by atoms with Crippen LogP contribution in [0, 0.1) is 12.8 Å². The normalized spacial score (nSPS) is 16.6. The Hall–Kier alpha value is -2.80. The fourth-order valence-electron chi connectivity index (χ4n) is 3.88. The Morgan fingerprint density at radius 2 is 2.10 bits per heavy atom. The second-order valence-electron chi connectivity index (χ2n) is 7.59. The smallest absolute Gasteiger partial charge is 0.233 e. The van der Waals surface area contributed by atoms with E-state index in [1.165, 1.54) is 11.8 Å². The molecule has 7 heteroatoms. The van der Waals surface area contributed by atoms with Crippen molar-refractivity contribution in [3.63, 3.8) is 0 Å². The van der Waals surface area contributed by atoms with Crippen LogP contribution in [0.2, 0.25) is 0 Å². The summed E-state index contributed by atoms with van der Waals surface area (Å²) in [6, 6.07) is 13.3. The first kappa shape index (κ1) is 20.5. The molecular weight excluding hydrogens is 398 g/mol. The Morgan fingerprint density at radius 1 is 1.27 bits per heavy atom. The van der Waals surface area contributed by atoms with Crippen molar-refractivity contribution in [2.45, 2.75) is 24.9 Å². The van der Waals surface area contributed by atoms with Crippen LogP contribution in [-0.2, 0) is 4.79 Å². The number of methoxy groups -OCH3 is 1. The van der Waals surface area contributed by atoms with Crippen LogP contribution < -0.4 is 4.74 Å². The number of Topliss-reactive ketones (excluding diaryl/α,β-unsaturated/α-hetero) is 1. The van der Waals surface area contributed by atoms with Crippen molar-refractivity contribution in [2.75, 3.05) is 26.0 Å². The molecule has 4 rings (SSSR count). The van der Waals surface area contributed by atoms with E-state index in [-0.39, 0.29) is 17.6 Å². The molecule has 2 heterocycles. The molecule has 0 saturated carbocycles. The highest BCUT2D eigenvalue weighted by Crippen LogP contribution is 2.27. The number of rotatable bonds is 6. The number of nitrogens with zero attached hydrogens (tertiary/aromatic N) is 2. The Labute approximate surface area is 180 Å². The molecule has 1 atom stereocenters. The van der Waals surface area contributed by atoms with Gasteiger partial charge in [0.1, 0.15) is 5.75 Å². The zero-order valence-corrected chi connectivity index (χ0v) is 18.0. The minimum absolute atomic E-state index is 0.0363. The third-order valence-corrected chi connectivity index (χ3v) is 6.32. The molecule has 1 aliphatic heterocycles. The van der Waals surface area contributed by atoms with Gasteiger partial charge in [0.25, 0.3) is 0 Å². The molecule has 0 spiro atoms. The summed E-state index contributed by atoms with van der Waals surface area (Å²) in [6.07, 6.45) is 1.61. The molecule has 3 aromatic rings. The summed E-state index contributed by atoms with van der Waals surface area (Å²) in [4.78, 5) is 35.4. The van der Waals surface area contributed by atoms with Gasteiger partial charge in [-0.25, -0.2) is 4.98 Å². The first-order valence-electron chi connectivity index (χ1n) is 10.1. The van der Waals surface area contributed by atoms with Gasteiger partial charge in [0.15, 0.2) is 10.9 Å². The number of aryl methyl sites for hydroxylation is 1. The van der Waals surface area contributed by atoms with Crippen LogP contribution in [0.4, 0.5) is 0 Å². The number of likely N-dealkylation sites (tertiary alicyclic amines) is 1. The number of ether oxygens (including phenoxy) is 1. The van der Waals surface area contributed by atoms with Gasteiger partial charge in [-0.1, -0.05) is 30.0 Å². The highest BCUT2D eigenvalue weighted by atomic mass is 32.2. The number of fused-ring (bicyclic) bond motifs is 1. The number of ketones is 1. The summed E-state index contributed by atoms with van der Waals surface area (Å²) in [5.74, 6) is 0.771. The van der Waals surface area contributed by atoms with E-state index in [1.54, 1.807) is 24.1 Å². The van der Waals surface area contributed by atoms with Gasteiger partial charge in [0, 0.05) is 19.0 Å². The molecule has 1 amide bonds. The lowest BCUT2D eigenvalue weighted by Gasteiger charge is -2.32. The Morgan fingerprint density at radius 3 is 2.93 bits per heavy atom. The summed E-state index contributed by atoms with van der Waals surface area (Å²) < 4.78 is 5.34. The van der Waals surface area contributed by atoms with Crippen molar-refractivity contribution in [1.29, 1.82) is 0 Å². The van der Waals surface area contributed by atoms with Crippen molar-refractivity contribution in [3.8, 4) is 5.75 Å². The molecule has 6 nitrogen and oxygen atoms in total. The van der Waals surface area contributed by atoms with Crippen LogP contribution in [0.5, 0.6) is 5.75 Å². The molecule has 1 saturated heterocycles. The average Bonchev–Trinajstić information content (AvgIpc) is 3.19. The van der Waals surface area contributed by atoms with Gasteiger partial charge in [0.05, 0.1) is 29.5 Å². The fourth-order valence-corrected chi connectivity index (χ4v) is 4.66. The van der Waals surface area contributed by atoms with Crippen LogP contribution in [0.15, 0.2) is 47.6 Å². The zero-order valence-electron chi connectivity index (χ0n) is 17.2. The van der Waals surface area contributed by atoms with Crippen molar-refractivity contribution in [3.05, 3.63) is 53.6 Å². The second-order valence-corrected chi connectivity index (χ2v) is 8.56. The summed E-state index contributed by atoms with van der Waals surface area (Å²) >= 11 is 1.40. The Kier molecular flexibility index (Phi) is 6.08. The number of aromatic amines is 1. The van der Waals surface area contributed by atoms with Gasteiger partial charge < -0.3 is 14.6 Å². The van der Waals surface area contributed by atoms with Gasteiger partial charge >= 0.3 is 0 Å². The van der Waals surface area contributed by atoms with Gasteiger partial charge in [-0.2, -0.15) is 0 Å². The monoisotopic (exact) mass is 423 g/mol. The number of imidazole rings is 1. The van der Waals surface area contributed by atoms with E-state index < -0.39 is 0 Å². The first-order valence-corrected chi connectivity index (χ1v) is 11.1. The largest absolute Gasteiger partial charge is 0.496 e. The number of carbonyl (C=O) groups is 2. The van der Waals surface area contributed by atoms with Gasteiger partial charge in [-0.05, 0) is 49.6 Å². The van der Waals surface area contributed by atoms with Crippen LogP contribution >= 0.6 is 11.8 Å². The molecule has 0 bridgehead atoms. The lowest BCUT2D eigenvalue weighted by molar-refractivity contribution is -0.129. The summed E-state index contributed by atoms with van der Waals surface area (Å²) in [6.45, 7) is 3.18. The minimum Gasteiger partial charge on any atom is -0.496 e. The molecule has 1 aliphatic rings. The maximum Gasteiger partial charge on any atom is 0.233 e. The van der Waals surface area contributed by atoms with E-state index in [0.717, 1.165) is 34.6 Å². The summed E-state index contributed by atoms with van der Waals surface area (Å²) in [7, 11) is 1.57. The number of piperidine rings is 1. The summed E-state index contributed by atoms with van der Waals surface area (Å²) in [5, 5.41) is 0.739. The van der Waals surface area contributed by atoms with Crippen molar-refractivity contribution in [1.82, 2.24) is 14.9 Å². The van der Waals surface area contributed by atoms with Gasteiger partial charge in [-0.15, -0.1) is 0 Å². The minimum atomic E-state index is -0.196. The molecule has 1 aromatic heterocycles. The quantitative estimate of drug-likeness (QED) is 0.477. The number of carbonyl (C=O) groups excluding carboxylic acids is 2. The Balaban J connectivity index is 1.38.